The molecule has 0 aliphatic heterocycles. The van der Waals surface area contributed by atoms with Crippen molar-refractivity contribution in [3.63, 3.8) is 0 Å². The molecule has 0 bridgehead atoms. The zero-order valence-corrected chi connectivity index (χ0v) is 17.6. The molecule has 1 unspecified atom stereocenters. The molecule has 0 spiro atoms. The number of thioether (sulfide) groups is 1. The van der Waals surface area contributed by atoms with E-state index in [4.69, 9.17) is 0 Å². The number of aryl methyl sites for hydroxylation is 1. The summed E-state index contributed by atoms with van der Waals surface area (Å²) in [6, 6.07) is 17.1. The molecule has 1 heterocycles. The van der Waals surface area contributed by atoms with Crippen LogP contribution in [-0.2, 0) is 14.8 Å². The highest BCUT2D eigenvalue weighted by Crippen LogP contribution is 2.26. The van der Waals surface area contributed by atoms with Gasteiger partial charge in [-0.05, 0) is 62.4 Å². The smallest absolute Gasteiger partial charge is 0.261 e. The number of carbonyl (C=O) groups excluding carboxylic acids is 1. The van der Waals surface area contributed by atoms with Crippen molar-refractivity contribution >= 4 is 39.1 Å². The Morgan fingerprint density at radius 3 is 2.17 bits per heavy atom. The summed E-state index contributed by atoms with van der Waals surface area (Å²) in [5, 5.41) is 2.51. The Morgan fingerprint density at radius 1 is 0.931 bits per heavy atom. The Labute approximate surface area is 174 Å². The van der Waals surface area contributed by atoms with E-state index in [-0.39, 0.29) is 16.1 Å². The Morgan fingerprint density at radius 2 is 1.55 bits per heavy atom. The van der Waals surface area contributed by atoms with Crippen molar-refractivity contribution in [3.05, 3.63) is 78.6 Å². The zero-order chi connectivity index (χ0) is 20.9. The predicted molar refractivity (Wildman–Crippen MR) is 117 cm³/mol. The molecule has 1 amide bonds. The summed E-state index contributed by atoms with van der Waals surface area (Å²) in [6.07, 6.45) is 3.23. The summed E-state index contributed by atoms with van der Waals surface area (Å²) < 4.78 is 27.5. The number of pyridine rings is 1. The molecule has 2 N–H and O–H groups in total. The van der Waals surface area contributed by atoms with Crippen LogP contribution in [0.5, 0.6) is 0 Å². The van der Waals surface area contributed by atoms with E-state index in [0.717, 1.165) is 10.5 Å². The second-order valence-corrected chi connectivity index (χ2v) is 9.52. The van der Waals surface area contributed by atoms with Gasteiger partial charge in [-0.15, -0.1) is 11.8 Å². The van der Waals surface area contributed by atoms with Crippen LogP contribution in [0, 0.1) is 6.92 Å². The maximum atomic E-state index is 12.5. The molecule has 3 aromatic rings. The highest BCUT2D eigenvalue weighted by molar-refractivity contribution is 8.00. The van der Waals surface area contributed by atoms with Gasteiger partial charge in [-0.3, -0.25) is 14.5 Å². The maximum Gasteiger partial charge on any atom is 0.261 e. The lowest BCUT2D eigenvalue weighted by molar-refractivity contribution is -0.115. The van der Waals surface area contributed by atoms with Gasteiger partial charge >= 0.3 is 0 Å². The molecule has 6 nitrogen and oxygen atoms in total. The molecule has 1 aromatic heterocycles. The van der Waals surface area contributed by atoms with E-state index < -0.39 is 10.0 Å². The fourth-order valence-electron chi connectivity index (χ4n) is 2.47. The Hall–Kier alpha value is -2.84. The van der Waals surface area contributed by atoms with Crippen LogP contribution in [0.3, 0.4) is 0 Å². The monoisotopic (exact) mass is 427 g/mol. The van der Waals surface area contributed by atoms with E-state index in [2.05, 4.69) is 15.0 Å². The highest BCUT2D eigenvalue weighted by Gasteiger charge is 2.16. The lowest BCUT2D eigenvalue weighted by Crippen LogP contribution is -2.22. The van der Waals surface area contributed by atoms with Crippen LogP contribution in [-0.4, -0.2) is 24.6 Å². The van der Waals surface area contributed by atoms with Crippen LogP contribution in [0.4, 0.5) is 11.4 Å². The fourth-order valence-corrected chi connectivity index (χ4v) is 4.40. The average molecular weight is 428 g/mol. The van der Waals surface area contributed by atoms with Crippen molar-refractivity contribution in [2.24, 2.45) is 0 Å². The van der Waals surface area contributed by atoms with Gasteiger partial charge in [-0.1, -0.05) is 17.7 Å². The normalized spacial score (nSPS) is 12.2. The third kappa shape index (κ3) is 5.82. The number of anilines is 2. The number of aromatic nitrogens is 1. The highest BCUT2D eigenvalue weighted by atomic mass is 32.2. The minimum Gasteiger partial charge on any atom is -0.325 e. The van der Waals surface area contributed by atoms with E-state index in [1.54, 1.807) is 73.1 Å². The van der Waals surface area contributed by atoms with Crippen LogP contribution >= 0.6 is 11.8 Å². The van der Waals surface area contributed by atoms with E-state index in [1.165, 1.54) is 11.8 Å². The molecule has 0 aliphatic rings. The first-order chi connectivity index (χ1) is 13.8. The van der Waals surface area contributed by atoms with Gasteiger partial charge < -0.3 is 5.32 Å². The maximum absolute atomic E-state index is 12.5. The third-order valence-electron chi connectivity index (χ3n) is 4.07. The number of nitrogens with one attached hydrogen (secondary N) is 2. The van der Waals surface area contributed by atoms with Gasteiger partial charge in [-0.2, -0.15) is 0 Å². The minimum absolute atomic E-state index is 0.120. The van der Waals surface area contributed by atoms with Crippen molar-refractivity contribution in [2.75, 3.05) is 10.0 Å². The number of sulfonamides is 1. The molecule has 0 radical (unpaired) electrons. The Bertz CT molecular complexity index is 1070. The first-order valence-corrected chi connectivity index (χ1v) is 11.3. The van der Waals surface area contributed by atoms with Crippen molar-refractivity contribution in [1.82, 2.24) is 4.98 Å². The summed E-state index contributed by atoms with van der Waals surface area (Å²) in [5.41, 5.74) is 2.15. The first kappa shape index (κ1) is 20.9. The molecule has 8 heteroatoms. The van der Waals surface area contributed by atoms with E-state index in [0.29, 0.717) is 11.4 Å². The second kappa shape index (κ2) is 9.11. The second-order valence-electron chi connectivity index (χ2n) is 6.43. The number of nitrogens with zero attached hydrogens (tertiary/aromatic N) is 1. The van der Waals surface area contributed by atoms with Crippen LogP contribution in [0.2, 0.25) is 0 Å². The van der Waals surface area contributed by atoms with Crippen LogP contribution in [0.1, 0.15) is 12.5 Å². The van der Waals surface area contributed by atoms with E-state index in [1.807, 2.05) is 13.8 Å². The number of carbonyl (C=O) groups is 1. The van der Waals surface area contributed by atoms with Crippen LogP contribution in [0.25, 0.3) is 0 Å². The van der Waals surface area contributed by atoms with Crippen molar-refractivity contribution in [3.8, 4) is 0 Å². The summed E-state index contributed by atoms with van der Waals surface area (Å²) in [7, 11) is -3.64. The molecule has 2 aromatic carbocycles. The molecule has 0 aliphatic carbocycles. The topological polar surface area (TPSA) is 88.2 Å². The van der Waals surface area contributed by atoms with Gasteiger partial charge in [0.1, 0.15) is 0 Å². The molecule has 3 rings (SSSR count). The van der Waals surface area contributed by atoms with Crippen molar-refractivity contribution in [1.29, 1.82) is 0 Å². The SMILES string of the molecule is Cc1ccc(S(=O)(=O)Nc2ccc(SC(C)C(=O)Nc3ccncc3)cc2)cc1. The summed E-state index contributed by atoms with van der Waals surface area (Å²) in [5.74, 6) is -0.120. The van der Waals surface area contributed by atoms with Gasteiger partial charge in [0.15, 0.2) is 0 Å². The van der Waals surface area contributed by atoms with Crippen molar-refractivity contribution < 1.29 is 13.2 Å². The van der Waals surface area contributed by atoms with Gasteiger partial charge in [0.05, 0.1) is 10.1 Å². The molecule has 0 fully saturated rings. The number of rotatable bonds is 7. The average Bonchev–Trinajstić information content (AvgIpc) is 2.70. The number of hydrogen-bond donors (Lipinski definition) is 2. The van der Waals surface area contributed by atoms with E-state index in [9.17, 15) is 13.2 Å². The number of amides is 1. The van der Waals surface area contributed by atoms with Gasteiger partial charge in [0, 0.05) is 28.7 Å². The number of benzene rings is 2. The van der Waals surface area contributed by atoms with Gasteiger partial charge in [0.2, 0.25) is 5.91 Å². The van der Waals surface area contributed by atoms with Gasteiger partial charge in [0.25, 0.3) is 10.0 Å². The minimum atomic E-state index is -3.64. The summed E-state index contributed by atoms with van der Waals surface area (Å²) in [6.45, 7) is 3.72. The molecule has 150 valence electrons. The number of hydrogen-bond acceptors (Lipinski definition) is 5. The van der Waals surface area contributed by atoms with Crippen LogP contribution < -0.4 is 10.0 Å². The summed E-state index contributed by atoms with van der Waals surface area (Å²) >= 11 is 1.39. The zero-order valence-electron chi connectivity index (χ0n) is 16.0. The third-order valence-corrected chi connectivity index (χ3v) is 6.58. The lowest BCUT2D eigenvalue weighted by atomic mass is 10.2. The molecule has 0 saturated carbocycles. The fraction of sp³-hybridized carbons (Fsp3) is 0.143. The standard InChI is InChI=1S/C21H21N3O3S2/c1-15-3-9-20(10-4-15)29(26,27)24-18-5-7-19(8-6-18)28-16(2)21(25)23-17-11-13-22-14-12-17/h3-14,16,24H,1-2H3,(H,22,23,25). The molecule has 1 atom stereocenters. The largest absolute Gasteiger partial charge is 0.325 e. The van der Waals surface area contributed by atoms with Gasteiger partial charge in [-0.25, -0.2) is 8.42 Å². The van der Waals surface area contributed by atoms with Crippen molar-refractivity contribution in [2.45, 2.75) is 28.9 Å². The first-order valence-electron chi connectivity index (χ1n) is 8.90. The molecule has 0 saturated heterocycles. The molecular formula is C21H21N3O3S2. The quantitative estimate of drug-likeness (QED) is 0.549. The van der Waals surface area contributed by atoms with Crippen LogP contribution in [0.15, 0.2) is 82.8 Å². The predicted octanol–water partition coefficient (Wildman–Crippen LogP) is 4.31. The lowest BCUT2D eigenvalue weighted by Gasteiger charge is -2.13. The Kier molecular flexibility index (Phi) is 6.56. The molecular weight excluding hydrogens is 406 g/mol. The summed E-state index contributed by atoms with van der Waals surface area (Å²) in [4.78, 5) is 17.3. The van der Waals surface area contributed by atoms with E-state index >= 15 is 0 Å². The Balaban J connectivity index is 1.61. The molecule has 29 heavy (non-hydrogen) atoms.